The predicted molar refractivity (Wildman–Crippen MR) is 135 cm³/mol. The fourth-order valence-corrected chi connectivity index (χ4v) is 3.52. The first-order valence-corrected chi connectivity index (χ1v) is 11.3. The maximum absolute atomic E-state index is 12.7. The Kier molecular flexibility index (Phi) is 10.7. The molecule has 7 N–H and O–H groups in total. The lowest BCUT2D eigenvalue weighted by atomic mass is 10.0. The van der Waals surface area contributed by atoms with E-state index < -0.39 is 30.3 Å². The van der Waals surface area contributed by atoms with Gasteiger partial charge in [-0.25, -0.2) is 0 Å². The van der Waals surface area contributed by atoms with Crippen LogP contribution in [-0.2, 0) is 27.3 Å². The highest BCUT2D eigenvalue weighted by Gasteiger charge is 2.21. The smallest absolute Gasteiger partial charge is 0.320 e. The molecule has 0 aliphatic heterocycles. The number of Topliss-reactive ketones (excluding diaryl/α,β-unsaturated/α-hetero) is 1. The number of amides is 1. The first kappa shape index (κ1) is 28.1. The molecule has 1 atom stereocenters. The lowest BCUT2D eigenvalue weighted by Gasteiger charge is -2.21. The molecular weight excluding hydrogens is 466 g/mol. The topological polar surface area (TPSA) is 181 Å². The van der Waals surface area contributed by atoms with Crippen LogP contribution in [-0.4, -0.2) is 60.4 Å². The number of nitrogens with two attached hydrogens (primary N) is 2. The second-order valence-electron chi connectivity index (χ2n) is 8.14. The minimum Gasteiger partial charge on any atom is -0.497 e. The molecule has 2 aromatic rings. The summed E-state index contributed by atoms with van der Waals surface area (Å²) in [5.74, 6) is -1.30. The van der Waals surface area contributed by atoms with Crippen molar-refractivity contribution < 1.29 is 29.0 Å². The van der Waals surface area contributed by atoms with Crippen LogP contribution in [0.2, 0.25) is 0 Å². The summed E-state index contributed by atoms with van der Waals surface area (Å²) in [7, 11) is 3.15. The van der Waals surface area contributed by atoms with Crippen LogP contribution in [0.25, 0.3) is 0 Å². The number of nitrogens with zero attached hydrogens (tertiary/aromatic N) is 1. The highest BCUT2D eigenvalue weighted by molar-refractivity contribution is 6.05. The maximum Gasteiger partial charge on any atom is 0.320 e. The summed E-state index contributed by atoms with van der Waals surface area (Å²) in [4.78, 5) is 37.1. The van der Waals surface area contributed by atoms with Crippen molar-refractivity contribution in [2.45, 2.75) is 38.3 Å². The first-order chi connectivity index (χ1) is 17.1. The lowest BCUT2D eigenvalue weighted by molar-refractivity contribution is -0.138. The zero-order valence-electron chi connectivity index (χ0n) is 20.5. The molecule has 2 rings (SSSR count). The van der Waals surface area contributed by atoms with E-state index in [-0.39, 0.29) is 31.6 Å². The molecule has 0 aliphatic rings. The number of carbonyl (C=O) groups excluding carboxylic acids is 2. The van der Waals surface area contributed by atoms with Gasteiger partial charge in [0.1, 0.15) is 23.3 Å². The molecule has 0 spiro atoms. The van der Waals surface area contributed by atoms with Gasteiger partial charge in [-0.2, -0.15) is 0 Å². The first-order valence-electron chi connectivity index (χ1n) is 11.3. The van der Waals surface area contributed by atoms with E-state index in [2.05, 4.69) is 5.32 Å². The van der Waals surface area contributed by atoms with Gasteiger partial charge < -0.3 is 31.4 Å². The number of anilines is 1. The van der Waals surface area contributed by atoms with Crippen molar-refractivity contribution in [3.63, 3.8) is 0 Å². The summed E-state index contributed by atoms with van der Waals surface area (Å²) in [5.41, 5.74) is 13.3. The van der Waals surface area contributed by atoms with Crippen molar-refractivity contribution in [2.24, 2.45) is 11.5 Å². The van der Waals surface area contributed by atoms with E-state index in [4.69, 9.17) is 31.5 Å². The predicted octanol–water partition coefficient (Wildman–Crippen LogP) is 1.73. The number of guanidine groups is 1. The van der Waals surface area contributed by atoms with E-state index in [0.717, 1.165) is 16.2 Å². The van der Waals surface area contributed by atoms with Gasteiger partial charge in [0.25, 0.3) is 0 Å². The SMILES string of the molecule is COc1cc(CNc2ccccc2CC(=O)CC(=O)N(CCCC(N)C(=O)O)C(=N)N)cc(OC)c1. The summed E-state index contributed by atoms with van der Waals surface area (Å²) >= 11 is 0. The van der Waals surface area contributed by atoms with Gasteiger partial charge in [-0.15, -0.1) is 0 Å². The van der Waals surface area contributed by atoms with Gasteiger partial charge in [-0.3, -0.25) is 24.7 Å². The van der Waals surface area contributed by atoms with E-state index in [9.17, 15) is 14.4 Å². The molecule has 11 nitrogen and oxygen atoms in total. The number of carbonyl (C=O) groups is 3. The van der Waals surface area contributed by atoms with E-state index >= 15 is 0 Å². The van der Waals surface area contributed by atoms with Crippen molar-refractivity contribution in [2.75, 3.05) is 26.1 Å². The number of hydrogen-bond donors (Lipinski definition) is 5. The molecule has 0 bridgehead atoms. The fourth-order valence-electron chi connectivity index (χ4n) is 3.52. The largest absolute Gasteiger partial charge is 0.497 e. The number of hydrogen-bond acceptors (Lipinski definition) is 8. The Morgan fingerprint density at radius 1 is 1.11 bits per heavy atom. The van der Waals surface area contributed by atoms with Crippen molar-refractivity contribution in [1.82, 2.24) is 4.90 Å². The van der Waals surface area contributed by atoms with Crippen LogP contribution in [0.5, 0.6) is 11.5 Å². The minimum absolute atomic E-state index is 0.00453. The van der Waals surface area contributed by atoms with Crippen LogP contribution in [0.1, 0.15) is 30.4 Å². The van der Waals surface area contributed by atoms with E-state index in [0.29, 0.717) is 23.6 Å². The third kappa shape index (κ3) is 8.58. The average molecular weight is 500 g/mol. The van der Waals surface area contributed by atoms with Crippen LogP contribution < -0.4 is 26.3 Å². The third-order valence-corrected chi connectivity index (χ3v) is 5.45. The number of nitrogens with one attached hydrogen (secondary N) is 2. The zero-order chi connectivity index (χ0) is 26.7. The number of carboxylic acid groups (broad SMARTS) is 1. The van der Waals surface area contributed by atoms with Gasteiger partial charge in [0.15, 0.2) is 5.96 Å². The maximum atomic E-state index is 12.7. The lowest BCUT2D eigenvalue weighted by Crippen LogP contribution is -2.43. The molecule has 0 aliphatic carbocycles. The molecule has 194 valence electrons. The van der Waals surface area contributed by atoms with Gasteiger partial charge in [0.05, 0.1) is 20.6 Å². The Morgan fingerprint density at radius 2 is 1.75 bits per heavy atom. The Hall–Kier alpha value is -4.12. The standard InChI is InChI=1S/C25H33N5O6/c1-35-19-10-16(11-20(14-19)36-2)15-29-22-8-4-3-6-17(22)12-18(31)13-23(32)30(25(27)28)9-5-7-21(26)24(33)34/h3-4,6,8,10-11,14,21,29H,5,7,9,12-13,15,26H2,1-2H3,(H3,27,28)(H,33,34). The fraction of sp³-hybridized carbons (Fsp3) is 0.360. The molecule has 1 amide bonds. The van der Waals surface area contributed by atoms with E-state index in [1.807, 2.05) is 24.3 Å². The Balaban J connectivity index is 2.00. The average Bonchev–Trinajstić information content (AvgIpc) is 2.85. The number of para-hydroxylation sites is 1. The number of benzene rings is 2. The second-order valence-corrected chi connectivity index (χ2v) is 8.14. The molecule has 0 saturated carbocycles. The summed E-state index contributed by atoms with van der Waals surface area (Å²) in [5, 5.41) is 19.8. The molecular formula is C25H33N5O6. The highest BCUT2D eigenvalue weighted by atomic mass is 16.5. The molecule has 0 heterocycles. The van der Waals surface area contributed by atoms with Gasteiger partial charge in [0.2, 0.25) is 5.91 Å². The quantitative estimate of drug-likeness (QED) is 0.147. The number of rotatable bonds is 14. The van der Waals surface area contributed by atoms with E-state index in [1.54, 1.807) is 32.4 Å². The van der Waals surface area contributed by atoms with Crippen LogP contribution in [0.15, 0.2) is 42.5 Å². The third-order valence-electron chi connectivity index (χ3n) is 5.45. The Bertz CT molecular complexity index is 1070. The van der Waals surface area contributed by atoms with E-state index in [1.165, 1.54) is 0 Å². The number of carboxylic acids is 1. The van der Waals surface area contributed by atoms with Crippen molar-refractivity contribution in [1.29, 1.82) is 5.41 Å². The van der Waals surface area contributed by atoms with Crippen LogP contribution in [0.4, 0.5) is 5.69 Å². The van der Waals surface area contributed by atoms with Crippen molar-refractivity contribution in [3.8, 4) is 11.5 Å². The Morgan fingerprint density at radius 3 is 2.33 bits per heavy atom. The summed E-state index contributed by atoms with van der Waals surface area (Å²) < 4.78 is 10.6. The number of methoxy groups -OCH3 is 2. The highest BCUT2D eigenvalue weighted by Crippen LogP contribution is 2.24. The summed E-state index contributed by atoms with van der Waals surface area (Å²) in [6.07, 6.45) is -0.0920. The molecule has 1 unspecified atom stereocenters. The van der Waals surface area contributed by atoms with Crippen LogP contribution >= 0.6 is 0 Å². The summed E-state index contributed by atoms with van der Waals surface area (Å²) in [6.45, 7) is 0.457. The number of ether oxygens (including phenoxy) is 2. The summed E-state index contributed by atoms with van der Waals surface area (Å²) in [6, 6.07) is 11.7. The molecule has 0 aromatic heterocycles. The van der Waals surface area contributed by atoms with Crippen molar-refractivity contribution in [3.05, 3.63) is 53.6 Å². The molecule has 11 heteroatoms. The second kappa shape index (κ2) is 13.7. The number of aliphatic carboxylic acids is 1. The molecule has 0 fully saturated rings. The van der Waals surface area contributed by atoms with Gasteiger partial charge in [0, 0.05) is 31.3 Å². The van der Waals surface area contributed by atoms with Crippen LogP contribution in [0, 0.1) is 5.41 Å². The van der Waals surface area contributed by atoms with Crippen molar-refractivity contribution >= 4 is 29.3 Å². The molecule has 0 radical (unpaired) electrons. The monoisotopic (exact) mass is 499 g/mol. The molecule has 36 heavy (non-hydrogen) atoms. The number of ketones is 1. The molecule has 0 saturated heterocycles. The Labute approximate surface area is 209 Å². The minimum atomic E-state index is -1.15. The normalized spacial score (nSPS) is 11.3. The van der Waals surface area contributed by atoms with Crippen LogP contribution in [0.3, 0.4) is 0 Å². The van der Waals surface area contributed by atoms with Gasteiger partial charge >= 0.3 is 5.97 Å². The zero-order valence-corrected chi connectivity index (χ0v) is 20.5. The van der Waals surface area contributed by atoms with Gasteiger partial charge in [-0.05, 0) is 42.2 Å². The van der Waals surface area contributed by atoms with Gasteiger partial charge in [-0.1, -0.05) is 18.2 Å². The molecule has 2 aromatic carbocycles.